The molecule has 0 fully saturated rings. The molecule has 0 saturated heterocycles. The first kappa shape index (κ1) is 11.8. The predicted molar refractivity (Wildman–Crippen MR) is 61.4 cm³/mol. The Morgan fingerprint density at radius 3 is 2.73 bits per heavy atom. The number of benzene rings is 1. The van der Waals surface area contributed by atoms with Gasteiger partial charge in [0, 0.05) is 6.54 Å². The van der Waals surface area contributed by atoms with Gasteiger partial charge in [-0.05, 0) is 24.7 Å². The van der Waals surface area contributed by atoms with E-state index in [9.17, 15) is 4.79 Å². The molecule has 1 rings (SSSR count). The number of hydrogen-bond donors (Lipinski definition) is 2. The summed E-state index contributed by atoms with van der Waals surface area (Å²) in [6.45, 7) is 0.840. The number of nitrogens with zero attached hydrogens (tertiary/aromatic N) is 1. The van der Waals surface area contributed by atoms with Gasteiger partial charge in [-0.25, -0.2) is 0 Å². The van der Waals surface area contributed by atoms with Gasteiger partial charge in [-0.2, -0.15) is 0 Å². The number of carbonyl (C=O) groups is 1. The van der Waals surface area contributed by atoms with Crippen molar-refractivity contribution in [3.8, 4) is 0 Å². The van der Waals surface area contributed by atoms with Crippen molar-refractivity contribution in [2.45, 2.75) is 6.54 Å². The predicted octanol–water partition coefficient (Wildman–Crippen LogP) is 0.839. The van der Waals surface area contributed by atoms with Crippen LogP contribution in [-0.4, -0.2) is 24.4 Å². The van der Waals surface area contributed by atoms with Crippen molar-refractivity contribution in [1.29, 1.82) is 0 Å². The quantitative estimate of drug-likeness (QED) is 0.749. The number of hydrogen-bond acceptors (Lipinski definition) is 3. The molecule has 5 heteroatoms. The van der Waals surface area contributed by atoms with E-state index in [0.717, 1.165) is 5.56 Å². The molecule has 0 aromatic heterocycles. The van der Waals surface area contributed by atoms with Gasteiger partial charge >= 0.3 is 0 Å². The Kier molecular flexibility index (Phi) is 3.94. The topological polar surface area (TPSA) is 72.3 Å². The van der Waals surface area contributed by atoms with Crippen LogP contribution in [0.1, 0.15) is 5.56 Å². The molecular formula is C10H14ClN3O. The Morgan fingerprint density at radius 2 is 2.20 bits per heavy atom. The summed E-state index contributed by atoms with van der Waals surface area (Å²) in [4.78, 5) is 12.5. The smallest absolute Gasteiger partial charge is 0.231 e. The average molecular weight is 228 g/mol. The lowest BCUT2D eigenvalue weighted by Crippen LogP contribution is -2.30. The number of likely N-dealkylation sites (N-methyl/N-ethyl adjacent to an activating group) is 1. The fraction of sp³-hybridized carbons (Fsp3) is 0.300. The summed E-state index contributed by atoms with van der Waals surface area (Å²) in [5.74, 6) is -0.348. The van der Waals surface area contributed by atoms with Gasteiger partial charge in [0.2, 0.25) is 5.91 Å². The van der Waals surface area contributed by atoms with Crippen LogP contribution >= 0.6 is 11.6 Å². The molecule has 0 aliphatic rings. The van der Waals surface area contributed by atoms with E-state index < -0.39 is 0 Å². The molecule has 0 spiro atoms. The summed E-state index contributed by atoms with van der Waals surface area (Å²) in [5.41, 5.74) is 12.3. The number of halogens is 1. The summed E-state index contributed by atoms with van der Waals surface area (Å²) in [7, 11) is 1.82. The van der Waals surface area contributed by atoms with Gasteiger partial charge in [-0.3, -0.25) is 9.69 Å². The Hall–Kier alpha value is -1.26. The van der Waals surface area contributed by atoms with E-state index in [4.69, 9.17) is 23.1 Å². The number of anilines is 1. The minimum Gasteiger partial charge on any atom is -0.398 e. The highest BCUT2D eigenvalue weighted by atomic mass is 35.5. The third kappa shape index (κ3) is 3.77. The van der Waals surface area contributed by atoms with E-state index in [0.29, 0.717) is 17.3 Å². The molecule has 15 heavy (non-hydrogen) atoms. The molecule has 82 valence electrons. The average Bonchev–Trinajstić information content (AvgIpc) is 2.10. The van der Waals surface area contributed by atoms with E-state index in [1.165, 1.54) is 0 Å². The van der Waals surface area contributed by atoms with Gasteiger partial charge in [-0.1, -0.05) is 17.7 Å². The summed E-state index contributed by atoms with van der Waals surface area (Å²) >= 11 is 5.79. The first-order valence-electron chi connectivity index (χ1n) is 4.50. The van der Waals surface area contributed by atoms with Crippen LogP contribution in [0.25, 0.3) is 0 Å². The molecule has 0 unspecified atom stereocenters. The number of carbonyl (C=O) groups excluding carboxylic acids is 1. The Morgan fingerprint density at radius 1 is 1.53 bits per heavy atom. The van der Waals surface area contributed by atoms with Gasteiger partial charge < -0.3 is 11.5 Å². The zero-order chi connectivity index (χ0) is 11.4. The minimum atomic E-state index is -0.348. The second-order valence-electron chi connectivity index (χ2n) is 3.49. The molecule has 0 saturated carbocycles. The largest absolute Gasteiger partial charge is 0.398 e. The molecule has 0 radical (unpaired) electrons. The second kappa shape index (κ2) is 5.00. The maximum Gasteiger partial charge on any atom is 0.231 e. The molecular weight excluding hydrogens is 214 g/mol. The van der Waals surface area contributed by atoms with Crippen molar-refractivity contribution in [3.63, 3.8) is 0 Å². The zero-order valence-electron chi connectivity index (χ0n) is 8.53. The van der Waals surface area contributed by atoms with Gasteiger partial charge in [0.1, 0.15) is 0 Å². The monoisotopic (exact) mass is 227 g/mol. The molecule has 0 atom stereocenters. The Bertz CT molecular complexity index is 368. The van der Waals surface area contributed by atoms with Crippen molar-refractivity contribution < 1.29 is 4.79 Å². The third-order valence-corrected chi connectivity index (χ3v) is 2.28. The normalized spacial score (nSPS) is 10.6. The molecule has 0 aliphatic carbocycles. The maximum atomic E-state index is 10.7. The third-order valence-electron chi connectivity index (χ3n) is 1.94. The molecule has 0 heterocycles. The highest BCUT2D eigenvalue weighted by Crippen LogP contribution is 2.19. The summed E-state index contributed by atoms with van der Waals surface area (Å²) in [6, 6.07) is 5.40. The van der Waals surface area contributed by atoms with Crippen LogP contribution in [0.15, 0.2) is 18.2 Å². The standard InChI is InChI=1S/C10H14ClN3O/c1-14(6-10(13)15)5-7-2-3-8(11)9(12)4-7/h2-4H,5-6,12H2,1H3,(H2,13,15). The van der Waals surface area contributed by atoms with E-state index in [-0.39, 0.29) is 12.5 Å². The van der Waals surface area contributed by atoms with Gasteiger partial charge in [-0.15, -0.1) is 0 Å². The van der Waals surface area contributed by atoms with E-state index in [2.05, 4.69) is 0 Å². The molecule has 4 nitrogen and oxygen atoms in total. The number of amides is 1. The van der Waals surface area contributed by atoms with E-state index in [1.54, 1.807) is 12.1 Å². The highest BCUT2D eigenvalue weighted by molar-refractivity contribution is 6.33. The van der Waals surface area contributed by atoms with E-state index >= 15 is 0 Å². The molecule has 0 aliphatic heterocycles. The van der Waals surface area contributed by atoms with Crippen molar-refractivity contribution in [3.05, 3.63) is 28.8 Å². The number of nitrogens with two attached hydrogens (primary N) is 2. The van der Waals surface area contributed by atoms with Crippen molar-refractivity contribution in [2.75, 3.05) is 19.3 Å². The summed E-state index contributed by atoms with van der Waals surface area (Å²) in [5, 5.41) is 0.538. The zero-order valence-corrected chi connectivity index (χ0v) is 9.29. The Labute approximate surface area is 93.8 Å². The fourth-order valence-electron chi connectivity index (χ4n) is 1.33. The van der Waals surface area contributed by atoms with Crippen LogP contribution in [0, 0.1) is 0 Å². The lowest BCUT2D eigenvalue weighted by Gasteiger charge is -2.14. The number of rotatable bonds is 4. The van der Waals surface area contributed by atoms with Crippen LogP contribution in [-0.2, 0) is 11.3 Å². The molecule has 1 aromatic rings. The van der Waals surface area contributed by atoms with Crippen LogP contribution in [0.4, 0.5) is 5.69 Å². The van der Waals surface area contributed by atoms with Gasteiger partial charge in [0.15, 0.2) is 0 Å². The Balaban J connectivity index is 2.64. The number of primary amides is 1. The van der Waals surface area contributed by atoms with Crippen molar-refractivity contribution >= 4 is 23.2 Å². The minimum absolute atomic E-state index is 0.225. The first-order chi connectivity index (χ1) is 6.99. The van der Waals surface area contributed by atoms with Crippen LogP contribution < -0.4 is 11.5 Å². The summed E-state index contributed by atoms with van der Waals surface area (Å²) < 4.78 is 0. The summed E-state index contributed by atoms with van der Waals surface area (Å²) in [6.07, 6.45) is 0. The van der Waals surface area contributed by atoms with Gasteiger partial charge in [0.05, 0.1) is 17.3 Å². The molecule has 0 bridgehead atoms. The molecule has 4 N–H and O–H groups in total. The van der Waals surface area contributed by atoms with E-state index in [1.807, 2.05) is 18.0 Å². The molecule has 1 amide bonds. The lowest BCUT2D eigenvalue weighted by molar-refractivity contribution is -0.118. The fourth-order valence-corrected chi connectivity index (χ4v) is 1.44. The second-order valence-corrected chi connectivity index (χ2v) is 3.90. The van der Waals surface area contributed by atoms with Crippen molar-refractivity contribution in [2.24, 2.45) is 5.73 Å². The van der Waals surface area contributed by atoms with Crippen LogP contribution in [0.2, 0.25) is 5.02 Å². The lowest BCUT2D eigenvalue weighted by atomic mass is 10.2. The first-order valence-corrected chi connectivity index (χ1v) is 4.87. The number of nitrogen functional groups attached to an aromatic ring is 1. The van der Waals surface area contributed by atoms with Crippen LogP contribution in [0.3, 0.4) is 0 Å². The molecule has 1 aromatic carbocycles. The SMILES string of the molecule is CN(CC(N)=O)Cc1ccc(Cl)c(N)c1. The van der Waals surface area contributed by atoms with Crippen molar-refractivity contribution in [1.82, 2.24) is 4.90 Å². The highest BCUT2D eigenvalue weighted by Gasteiger charge is 2.04. The van der Waals surface area contributed by atoms with Crippen LogP contribution in [0.5, 0.6) is 0 Å². The maximum absolute atomic E-state index is 10.7. The van der Waals surface area contributed by atoms with Gasteiger partial charge in [0.25, 0.3) is 0 Å².